The van der Waals surface area contributed by atoms with Crippen molar-refractivity contribution in [2.45, 2.75) is 130 Å². The zero-order valence-electron chi connectivity index (χ0n) is 33.7. The van der Waals surface area contributed by atoms with Crippen molar-refractivity contribution < 1.29 is 38.3 Å². The third-order valence-electron chi connectivity index (χ3n) is 9.73. The van der Waals surface area contributed by atoms with Crippen molar-refractivity contribution in [1.29, 1.82) is 0 Å². The zero-order chi connectivity index (χ0) is 41.0. The van der Waals surface area contributed by atoms with Crippen molar-refractivity contribution in [3.63, 3.8) is 0 Å². The fraction of sp³-hybridized carbons (Fsp3) is 0.625. The van der Waals surface area contributed by atoms with Crippen LogP contribution in [0.3, 0.4) is 0 Å². The number of hydrogen-bond acceptors (Lipinski definition) is 8. The van der Waals surface area contributed by atoms with E-state index in [0.29, 0.717) is 19.3 Å². The van der Waals surface area contributed by atoms with Crippen LogP contribution in [-0.2, 0) is 44.7 Å². The van der Waals surface area contributed by atoms with Gasteiger partial charge in [-0.1, -0.05) is 66.7 Å². The third-order valence-corrected chi connectivity index (χ3v) is 9.73. The van der Waals surface area contributed by atoms with Gasteiger partial charge in [0.25, 0.3) is 0 Å². The summed E-state index contributed by atoms with van der Waals surface area (Å²) in [4.78, 5) is 98.0. The van der Waals surface area contributed by atoms with Crippen molar-refractivity contribution in [3.8, 4) is 0 Å². The predicted molar refractivity (Wildman–Crippen MR) is 208 cm³/mol. The molecular weight excluding hydrogens is 706 g/mol. The fourth-order valence-corrected chi connectivity index (χ4v) is 6.77. The monoisotopic (exact) mass is 767 g/mol. The van der Waals surface area contributed by atoms with Gasteiger partial charge in [-0.3, -0.25) is 28.8 Å². The second-order valence-electron chi connectivity index (χ2n) is 15.6. The number of nitrogens with zero attached hydrogens (tertiary/aromatic N) is 1. The Morgan fingerprint density at radius 1 is 0.800 bits per heavy atom. The summed E-state index contributed by atoms with van der Waals surface area (Å²) in [7, 11) is 1.22. The Kier molecular flexibility index (Phi) is 16.7. The molecule has 0 spiro atoms. The first-order valence-electron chi connectivity index (χ1n) is 19.4. The number of aromatic amines is 1. The normalized spacial score (nSPS) is 16.9. The molecule has 0 saturated carbocycles. The number of fused-ring (bicyclic) bond motifs is 1. The zero-order valence-corrected chi connectivity index (χ0v) is 33.7. The SMILES string of the molecule is CCC(=O)NC(Cc1c[nH]c2ccccc12)C(=O)NC(CC(C)C)C(=O)NC(C(=O)N1CCCC1C(=O)NC(CC(C)C)C(=O)NC(C)C(=O)OC)C(C)C. The Balaban J connectivity index is 1.78. The van der Waals surface area contributed by atoms with Crippen LogP contribution in [-0.4, -0.2) is 101 Å². The van der Waals surface area contributed by atoms with Crippen LogP contribution in [0.15, 0.2) is 30.5 Å². The lowest BCUT2D eigenvalue weighted by Crippen LogP contribution is -2.60. The molecule has 1 fully saturated rings. The summed E-state index contributed by atoms with van der Waals surface area (Å²) in [5.41, 5.74) is 1.72. The molecule has 0 radical (unpaired) electrons. The molecule has 1 aromatic carbocycles. The largest absolute Gasteiger partial charge is 0.467 e. The second-order valence-corrected chi connectivity index (χ2v) is 15.6. The van der Waals surface area contributed by atoms with E-state index < -0.39 is 71.8 Å². The smallest absolute Gasteiger partial charge is 0.328 e. The summed E-state index contributed by atoms with van der Waals surface area (Å²) in [5.74, 6) is -3.90. The number of nitrogens with one attached hydrogen (secondary N) is 6. The van der Waals surface area contributed by atoms with Crippen LogP contribution in [0.2, 0.25) is 0 Å². The van der Waals surface area contributed by atoms with Crippen molar-refractivity contribution >= 4 is 52.3 Å². The van der Waals surface area contributed by atoms with E-state index in [1.54, 1.807) is 27.0 Å². The van der Waals surface area contributed by atoms with Gasteiger partial charge < -0.3 is 41.2 Å². The average molecular weight is 768 g/mol. The van der Waals surface area contributed by atoms with Gasteiger partial charge in [0.1, 0.15) is 36.3 Å². The van der Waals surface area contributed by atoms with E-state index in [1.807, 2.05) is 52.0 Å². The molecule has 1 aliphatic heterocycles. The number of methoxy groups -OCH3 is 1. The Hall–Kier alpha value is -4.95. The van der Waals surface area contributed by atoms with Crippen LogP contribution in [0, 0.1) is 17.8 Å². The number of carbonyl (C=O) groups excluding carboxylic acids is 7. The second kappa shape index (κ2) is 20.7. The van der Waals surface area contributed by atoms with Gasteiger partial charge in [-0.25, -0.2) is 4.79 Å². The highest BCUT2D eigenvalue weighted by Gasteiger charge is 2.41. The van der Waals surface area contributed by atoms with E-state index in [1.165, 1.54) is 18.9 Å². The standard InChI is InChI=1S/C40H61N7O8/c1-10-33(48)43-31(20-26-21-41-28-15-12-11-14-27(26)28)36(50)44-30(19-23(4)5)37(51)46-34(24(6)7)39(53)47-17-13-16-32(47)38(52)45-29(18-22(2)3)35(49)42-25(8)40(54)55-9/h11-12,14-15,21-25,29-32,34,41H,10,13,16-20H2,1-9H3,(H,42,49)(H,43,48)(H,44,50)(H,45,52)(H,46,51). The number of likely N-dealkylation sites (tertiary alicyclic amines) is 1. The Labute approximate surface area is 324 Å². The van der Waals surface area contributed by atoms with Gasteiger partial charge in [0.15, 0.2) is 0 Å². The van der Waals surface area contributed by atoms with Crippen LogP contribution < -0.4 is 26.6 Å². The van der Waals surface area contributed by atoms with Gasteiger partial charge in [0.05, 0.1) is 7.11 Å². The molecule has 6 N–H and O–H groups in total. The molecular formula is C40H61N7O8. The lowest BCUT2D eigenvalue weighted by atomic mass is 9.98. The Bertz CT molecular complexity index is 1670. The summed E-state index contributed by atoms with van der Waals surface area (Å²) in [5, 5.41) is 14.8. The van der Waals surface area contributed by atoms with Crippen LogP contribution in [0.25, 0.3) is 10.9 Å². The van der Waals surface area contributed by atoms with Crippen molar-refractivity contribution in [2.75, 3.05) is 13.7 Å². The summed E-state index contributed by atoms with van der Waals surface area (Å²) in [6.45, 7) is 14.6. The molecule has 304 valence electrons. The molecule has 1 aromatic heterocycles. The molecule has 15 heteroatoms. The number of esters is 1. The summed E-state index contributed by atoms with van der Waals surface area (Å²) < 4.78 is 4.71. The van der Waals surface area contributed by atoms with E-state index in [9.17, 15) is 33.6 Å². The summed E-state index contributed by atoms with van der Waals surface area (Å²) >= 11 is 0. The predicted octanol–water partition coefficient (Wildman–Crippen LogP) is 2.48. The molecule has 0 bridgehead atoms. The minimum absolute atomic E-state index is 0.0141. The van der Waals surface area contributed by atoms with Crippen LogP contribution >= 0.6 is 0 Å². The highest BCUT2D eigenvalue weighted by atomic mass is 16.5. The Morgan fingerprint density at radius 2 is 1.40 bits per heavy atom. The molecule has 3 rings (SSSR count). The van der Waals surface area contributed by atoms with Gasteiger partial charge in [0.2, 0.25) is 35.4 Å². The van der Waals surface area contributed by atoms with Gasteiger partial charge in [-0.15, -0.1) is 0 Å². The number of amides is 6. The molecule has 55 heavy (non-hydrogen) atoms. The van der Waals surface area contributed by atoms with Crippen LogP contribution in [0.4, 0.5) is 0 Å². The quantitative estimate of drug-likeness (QED) is 0.117. The number of rotatable bonds is 19. The van der Waals surface area contributed by atoms with Gasteiger partial charge in [-0.05, 0) is 62.0 Å². The maximum Gasteiger partial charge on any atom is 0.328 e. The molecule has 1 saturated heterocycles. The number of benzene rings is 1. The highest BCUT2D eigenvalue weighted by Crippen LogP contribution is 2.22. The third kappa shape index (κ3) is 12.5. The van der Waals surface area contributed by atoms with E-state index >= 15 is 0 Å². The molecule has 2 aromatic rings. The average Bonchev–Trinajstić information content (AvgIpc) is 3.79. The molecule has 6 unspecified atom stereocenters. The lowest BCUT2D eigenvalue weighted by molar-refractivity contribution is -0.145. The molecule has 6 amide bonds. The number of hydrogen-bond donors (Lipinski definition) is 6. The summed E-state index contributed by atoms with van der Waals surface area (Å²) in [6.07, 6.45) is 3.62. The number of carbonyl (C=O) groups is 7. The van der Waals surface area contributed by atoms with Gasteiger partial charge in [0, 0.05) is 36.5 Å². The minimum atomic E-state index is -1.02. The fourth-order valence-electron chi connectivity index (χ4n) is 6.77. The maximum absolute atomic E-state index is 14.2. The number of para-hydroxylation sites is 1. The number of aromatic nitrogens is 1. The molecule has 1 aliphatic rings. The first-order chi connectivity index (χ1) is 26.0. The first kappa shape index (κ1) is 44.4. The molecule has 0 aliphatic carbocycles. The van der Waals surface area contributed by atoms with E-state index in [-0.39, 0.29) is 49.5 Å². The molecule has 15 nitrogen and oxygen atoms in total. The number of H-pyrrole nitrogens is 1. The van der Waals surface area contributed by atoms with Gasteiger partial charge >= 0.3 is 5.97 Å². The van der Waals surface area contributed by atoms with E-state index in [4.69, 9.17) is 4.74 Å². The topological polar surface area (TPSA) is 208 Å². The first-order valence-corrected chi connectivity index (χ1v) is 19.4. The highest BCUT2D eigenvalue weighted by molar-refractivity contribution is 5.97. The molecule has 2 heterocycles. The van der Waals surface area contributed by atoms with Crippen LogP contribution in [0.1, 0.15) is 93.1 Å². The molecule has 6 atom stereocenters. The summed E-state index contributed by atoms with van der Waals surface area (Å²) in [6, 6.07) is 1.86. The van der Waals surface area contributed by atoms with Crippen molar-refractivity contribution in [1.82, 2.24) is 36.5 Å². The number of ether oxygens (including phenoxy) is 1. The van der Waals surface area contributed by atoms with Gasteiger partial charge in [-0.2, -0.15) is 0 Å². The van der Waals surface area contributed by atoms with Crippen molar-refractivity contribution in [3.05, 3.63) is 36.0 Å². The van der Waals surface area contributed by atoms with E-state index in [0.717, 1.165) is 16.5 Å². The van der Waals surface area contributed by atoms with Crippen LogP contribution in [0.5, 0.6) is 0 Å². The lowest BCUT2D eigenvalue weighted by Gasteiger charge is -2.32. The maximum atomic E-state index is 14.2. The van der Waals surface area contributed by atoms with Crippen molar-refractivity contribution in [2.24, 2.45) is 17.8 Å². The minimum Gasteiger partial charge on any atom is -0.467 e. The van der Waals surface area contributed by atoms with E-state index in [2.05, 4.69) is 31.6 Å². The Morgan fingerprint density at radius 3 is 2.00 bits per heavy atom.